The van der Waals surface area contributed by atoms with Gasteiger partial charge in [-0.15, -0.1) is 0 Å². The van der Waals surface area contributed by atoms with Crippen LogP contribution in [0.2, 0.25) is 0 Å². The van der Waals surface area contributed by atoms with E-state index in [2.05, 4.69) is 15.2 Å². The molecule has 124 valence electrons. The summed E-state index contributed by atoms with van der Waals surface area (Å²) in [6.07, 6.45) is 4.55. The fourth-order valence-electron chi connectivity index (χ4n) is 2.41. The van der Waals surface area contributed by atoms with Crippen molar-refractivity contribution in [2.24, 2.45) is 0 Å². The molecular weight excluding hydrogens is 309 g/mol. The molecule has 0 radical (unpaired) electrons. The van der Waals surface area contributed by atoms with E-state index in [4.69, 9.17) is 4.74 Å². The predicted octanol–water partition coefficient (Wildman–Crippen LogP) is 2.71. The Bertz CT molecular complexity index is 725. The number of nitrogens with one attached hydrogen (secondary N) is 1. The van der Waals surface area contributed by atoms with Crippen LogP contribution in [-0.2, 0) is 9.53 Å². The first kappa shape index (κ1) is 16.1. The summed E-state index contributed by atoms with van der Waals surface area (Å²) in [5, 5.41) is 2.73. The van der Waals surface area contributed by atoms with Crippen LogP contribution in [0, 0.1) is 5.82 Å². The first-order valence-electron chi connectivity index (χ1n) is 7.74. The lowest BCUT2D eigenvalue weighted by Gasteiger charge is -2.27. The maximum Gasteiger partial charge on any atom is 0.248 e. The van der Waals surface area contributed by atoms with E-state index in [-0.39, 0.29) is 11.7 Å². The molecule has 1 amide bonds. The van der Waals surface area contributed by atoms with Crippen LogP contribution in [0.3, 0.4) is 0 Å². The Morgan fingerprint density at radius 2 is 2.08 bits per heavy atom. The lowest BCUT2D eigenvalue weighted by atomic mass is 10.2. The number of carbonyl (C=O) groups is 1. The Hall–Kier alpha value is -2.73. The number of benzene rings is 1. The summed E-state index contributed by atoms with van der Waals surface area (Å²) < 4.78 is 18.4. The van der Waals surface area contributed by atoms with Crippen LogP contribution >= 0.6 is 0 Å². The van der Waals surface area contributed by atoms with Crippen LogP contribution in [0.15, 0.2) is 48.7 Å². The van der Waals surface area contributed by atoms with E-state index in [0.717, 1.165) is 18.9 Å². The number of hydrogen-bond acceptors (Lipinski definition) is 4. The largest absolute Gasteiger partial charge is 0.378 e. The first-order valence-corrected chi connectivity index (χ1v) is 7.74. The minimum atomic E-state index is -0.333. The van der Waals surface area contributed by atoms with Crippen molar-refractivity contribution in [2.75, 3.05) is 36.5 Å². The number of pyridine rings is 1. The minimum absolute atomic E-state index is 0.291. The highest BCUT2D eigenvalue weighted by Gasteiger charge is 2.12. The fraction of sp³-hybridized carbons (Fsp3) is 0.222. The van der Waals surface area contributed by atoms with Crippen LogP contribution < -0.4 is 10.2 Å². The number of aromatic nitrogens is 1. The number of morpholine rings is 1. The van der Waals surface area contributed by atoms with Crippen LogP contribution in [0.4, 0.5) is 15.9 Å². The fourth-order valence-corrected chi connectivity index (χ4v) is 2.41. The van der Waals surface area contributed by atoms with Gasteiger partial charge in [0.2, 0.25) is 5.91 Å². The number of hydrogen-bond donors (Lipinski definition) is 1. The van der Waals surface area contributed by atoms with E-state index in [1.165, 1.54) is 18.2 Å². The molecule has 1 aromatic carbocycles. The maximum absolute atomic E-state index is 13.1. The molecule has 0 atom stereocenters. The monoisotopic (exact) mass is 327 g/mol. The zero-order chi connectivity index (χ0) is 16.8. The second kappa shape index (κ2) is 7.70. The molecule has 0 bridgehead atoms. The van der Waals surface area contributed by atoms with E-state index in [0.29, 0.717) is 24.5 Å². The summed E-state index contributed by atoms with van der Waals surface area (Å²) in [5.74, 6) is 0.243. The van der Waals surface area contributed by atoms with Crippen LogP contribution in [0.1, 0.15) is 5.56 Å². The minimum Gasteiger partial charge on any atom is -0.378 e. The molecule has 1 saturated heterocycles. The lowest BCUT2D eigenvalue weighted by molar-refractivity contribution is -0.111. The summed E-state index contributed by atoms with van der Waals surface area (Å²) in [5.41, 5.74) is 1.24. The second-order valence-corrected chi connectivity index (χ2v) is 5.38. The van der Waals surface area contributed by atoms with Gasteiger partial charge in [0, 0.05) is 19.2 Å². The molecule has 1 aliphatic heterocycles. The van der Waals surface area contributed by atoms with Crippen molar-refractivity contribution in [1.29, 1.82) is 0 Å². The van der Waals surface area contributed by atoms with Gasteiger partial charge in [-0.25, -0.2) is 9.37 Å². The molecule has 6 heteroatoms. The molecule has 1 N–H and O–H groups in total. The maximum atomic E-state index is 13.1. The van der Waals surface area contributed by atoms with Crippen molar-refractivity contribution in [3.8, 4) is 0 Å². The van der Waals surface area contributed by atoms with Crippen LogP contribution in [-0.4, -0.2) is 37.2 Å². The Balaban J connectivity index is 1.58. The van der Waals surface area contributed by atoms with Gasteiger partial charge in [-0.2, -0.15) is 0 Å². The van der Waals surface area contributed by atoms with Gasteiger partial charge in [-0.3, -0.25) is 4.79 Å². The van der Waals surface area contributed by atoms with Gasteiger partial charge >= 0.3 is 0 Å². The van der Waals surface area contributed by atoms with E-state index in [9.17, 15) is 9.18 Å². The highest BCUT2D eigenvalue weighted by atomic mass is 19.1. The van der Waals surface area contributed by atoms with Crippen molar-refractivity contribution >= 4 is 23.5 Å². The summed E-state index contributed by atoms with van der Waals surface area (Å²) in [6, 6.07) is 9.73. The van der Waals surface area contributed by atoms with E-state index in [1.807, 2.05) is 12.1 Å². The quantitative estimate of drug-likeness (QED) is 0.877. The molecule has 1 aromatic heterocycles. The highest BCUT2D eigenvalue weighted by Crippen LogP contribution is 2.15. The number of carbonyl (C=O) groups excluding carboxylic acids is 1. The van der Waals surface area contributed by atoms with Gasteiger partial charge in [0.1, 0.15) is 11.6 Å². The average Bonchev–Trinajstić information content (AvgIpc) is 2.61. The average molecular weight is 327 g/mol. The van der Waals surface area contributed by atoms with Gasteiger partial charge < -0.3 is 15.0 Å². The summed E-state index contributed by atoms with van der Waals surface area (Å²) >= 11 is 0. The third-order valence-electron chi connectivity index (χ3n) is 3.63. The molecule has 0 aliphatic carbocycles. The molecule has 2 aromatic rings. The molecule has 24 heavy (non-hydrogen) atoms. The predicted molar refractivity (Wildman–Crippen MR) is 91.3 cm³/mol. The van der Waals surface area contributed by atoms with Crippen molar-refractivity contribution in [3.63, 3.8) is 0 Å². The molecule has 1 fully saturated rings. The molecular formula is C18H18FN3O2. The molecule has 0 spiro atoms. The number of ether oxygens (including phenoxy) is 1. The van der Waals surface area contributed by atoms with Gasteiger partial charge in [0.05, 0.1) is 25.1 Å². The Labute approximate surface area is 139 Å². The molecule has 0 saturated carbocycles. The van der Waals surface area contributed by atoms with Crippen molar-refractivity contribution in [3.05, 3.63) is 60.1 Å². The van der Waals surface area contributed by atoms with E-state index in [1.54, 1.807) is 24.4 Å². The van der Waals surface area contributed by atoms with Gasteiger partial charge in [-0.05, 0) is 35.9 Å². The highest BCUT2D eigenvalue weighted by molar-refractivity contribution is 6.01. The van der Waals surface area contributed by atoms with Crippen LogP contribution in [0.25, 0.3) is 6.08 Å². The first-order chi connectivity index (χ1) is 11.7. The Kier molecular flexibility index (Phi) is 5.18. The second-order valence-electron chi connectivity index (χ2n) is 5.38. The number of halogens is 1. The van der Waals surface area contributed by atoms with Crippen molar-refractivity contribution in [2.45, 2.75) is 0 Å². The van der Waals surface area contributed by atoms with E-state index >= 15 is 0 Å². The number of rotatable bonds is 4. The Morgan fingerprint density at radius 1 is 1.25 bits per heavy atom. The smallest absolute Gasteiger partial charge is 0.248 e. The SMILES string of the molecule is O=C(/C=C/c1cccc(F)c1)Nc1ccc(N2CCOCC2)nc1. The van der Waals surface area contributed by atoms with Crippen molar-refractivity contribution in [1.82, 2.24) is 4.98 Å². The third-order valence-corrected chi connectivity index (χ3v) is 3.63. The van der Waals surface area contributed by atoms with E-state index < -0.39 is 0 Å². The standard InChI is InChI=1S/C18H18FN3O2/c19-15-3-1-2-14(12-15)4-7-18(23)21-16-5-6-17(20-13-16)22-8-10-24-11-9-22/h1-7,12-13H,8-11H2,(H,21,23)/b7-4+. The third kappa shape index (κ3) is 4.39. The molecule has 0 unspecified atom stereocenters. The summed E-state index contributed by atoms with van der Waals surface area (Å²) in [6.45, 7) is 3.03. The van der Waals surface area contributed by atoms with Crippen molar-refractivity contribution < 1.29 is 13.9 Å². The number of nitrogens with zero attached hydrogens (tertiary/aromatic N) is 2. The number of amides is 1. The molecule has 2 heterocycles. The van der Waals surface area contributed by atoms with Gasteiger partial charge in [-0.1, -0.05) is 12.1 Å². The topological polar surface area (TPSA) is 54.5 Å². The molecule has 3 rings (SSSR count). The number of anilines is 2. The zero-order valence-electron chi connectivity index (χ0n) is 13.1. The van der Waals surface area contributed by atoms with Gasteiger partial charge in [0.25, 0.3) is 0 Å². The van der Waals surface area contributed by atoms with Crippen LogP contribution in [0.5, 0.6) is 0 Å². The lowest BCUT2D eigenvalue weighted by Crippen LogP contribution is -2.36. The van der Waals surface area contributed by atoms with Gasteiger partial charge in [0.15, 0.2) is 0 Å². The molecule has 5 nitrogen and oxygen atoms in total. The zero-order valence-corrected chi connectivity index (χ0v) is 13.1. The normalized spacial score (nSPS) is 14.8. The summed E-state index contributed by atoms with van der Waals surface area (Å²) in [7, 11) is 0. The Morgan fingerprint density at radius 3 is 2.79 bits per heavy atom. The summed E-state index contributed by atoms with van der Waals surface area (Å²) in [4.78, 5) is 18.4. The molecule has 1 aliphatic rings.